The maximum Gasteiger partial charge on any atom is 0.0203 e. The molecule has 0 unspecified atom stereocenters. The number of unbranched alkanes of at least 4 members (excludes halogenated alkanes) is 8. The maximum absolute atomic E-state index is 2.57. The lowest BCUT2D eigenvalue weighted by molar-refractivity contribution is 0.104. The van der Waals surface area contributed by atoms with Gasteiger partial charge in [0.05, 0.1) is 0 Å². The van der Waals surface area contributed by atoms with E-state index in [0.717, 1.165) is 0 Å². The van der Waals surface area contributed by atoms with Gasteiger partial charge in [-0.25, -0.2) is 0 Å². The number of hydrogen-bond acceptors (Lipinski definition) is 1. The first kappa shape index (κ1) is 21.0. The second-order valence-electron chi connectivity index (χ2n) is 7.20. The number of hydrogen-bond donors (Lipinski definition) is 0. The smallest absolute Gasteiger partial charge is 0.0203 e. The van der Waals surface area contributed by atoms with Crippen LogP contribution in [0.4, 0.5) is 0 Å². The van der Waals surface area contributed by atoms with Crippen molar-refractivity contribution in [3.8, 4) is 0 Å². The largest absolute Gasteiger partial charge is 0.304 e. The van der Waals surface area contributed by atoms with Crippen molar-refractivity contribution in [3.63, 3.8) is 0 Å². The van der Waals surface area contributed by atoms with E-state index in [-0.39, 0.29) is 0 Å². The average Bonchev–Trinajstić information content (AvgIpc) is 2.47. The van der Waals surface area contributed by atoms with Gasteiger partial charge in [0, 0.05) is 5.54 Å². The Labute approximate surface area is 135 Å². The van der Waals surface area contributed by atoms with Crippen LogP contribution in [0.3, 0.4) is 0 Å². The van der Waals surface area contributed by atoms with Gasteiger partial charge in [-0.15, -0.1) is 0 Å². The molecular formula is C20H43N. The molecule has 0 rings (SSSR count). The molecule has 0 aromatic rings. The molecule has 0 saturated carbocycles. The molecule has 0 atom stereocenters. The molecule has 21 heavy (non-hydrogen) atoms. The molecule has 1 nitrogen and oxygen atoms in total. The van der Waals surface area contributed by atoms with Crippen molar-refractivity contribution in [3.05, 3.63) is 0 Å². The summed E-state index contributed by atoms with van der Waals surface area (Å²) in [5.74, 6) is 0. The predicted octanol–water partition coefficient (Wildman–Crippen LogP) is 6.81. The molecule has 0 aliphatic carbocycles. The van der Waals surface area contributed by atoms with Crippen LogP contribution in [-0.2, 0) is 0 Å². The highest BCUT2D eigenvalue weighted by molar-refractivity contribution is 4.87. The summed E-state index contributed by atoms with van der Waals surface area (Å²) in [5.41, 5.74) is 0.483. The Balaban J connectivity index is 4.46. The predicted molar refractivity (Wildman–Crippen MR) is 98.1 cm³/mol. The minimum absolute atomic E-state index is 0.483. The summed E-state index contributed by atoms with van der Waals surface area (Å²) in [6.07, 6.45) is 19.6. The molecule has 0 aliphatic rings. The monoisotopic (exact) mass is 297 g/mol. The van der Waals surface area contributed by atoms with E-state index in [4.69, 9.17) is 0 Å². The molecule has 128 valence electrons. The second-order valence-corrected chi connectivity index (χ2v) is 7.20. The van der Waals surface area contributed by atoms with Gasteiger partial charge in [0.1, 0.15) is 0 Å². The number of nitrogens with zero attached hydrogens (tertiary/aromatic N) is 1. The van der Waals surface area contributed by atoms with E-state index in [1.165, 1.54) is 89.9 Å². The molecule has 0 amide bonds. The SMILES string of the molecule is CCCCCCC(CCCCC)(CCCCCC)N(C)C. The van der Waals surface area contributed by atoms with Gasteiger partial charge in [0.15, 0.2) is 0 Å². The van der Waals surface area contributed by atoms with Gasteiger partial charge >= 0.3 is 0 Å². The summed E-state index contributed by atoms with van der Waals surface area (Å²) < 4.78 is 0. The van der Waals surface area contributed by atoms with E-state index in [2.05, 4.69) is 39.8 Å². The number of rotatable bonds is 15. The molecule has 1 heteroatoms. The standard InChI is InChI=1S/C20H43N/c1-6-9-12-15-18-20(21(4)5,17-14-11-8-3)19-16-13-10-7-2/h6-19H2,1-5H3. The zero-order valence-corrected chi connectivity index (χ0v) is 15.8. The van der Waals surface area contributed by atoms with Crippen LogP contribution >= 0.6 is 0 Å². The fraction of sp³-hybridized carbons (Fsp3) is 1.00. The van der Waals surface area contributed by atoms with Crippen LogP contribution in [0.1, 0.15) is 111 Å². The van der Waals surface area contributed by atoms with Gasteiger partial charge in [-0.2, -0.15) is 0 Å². The minimum Gasteiger partial charge on any atom is -0.304 e. The van der Waals surface area contributed by atoms with Crippen molar-refractivity contribution >= 4 is 0 Å². The lowest BCUT2D eigenvalue weighted by Crippen LogP contribution is -2.44. The fourth-order valence-electron chi connectivity index (χ4n) is 3.51. The zero-order chi connectivity index (χ0) is 16.0. The third-order valence-electron chi connectivity index (χ3n) is 5.19. The molecule has 0 aromatic heterocycles. The molecule has 0 fully saturated rings. The van der Waals surface area contributed by atoms with Crippen LogP contribution in [0.2, 0.25) is 0 Å². The summed E-state index contributed by atoms with van der Waals surface area (Å²) in [7, 11) is 4.65. The first-order valence-corrected chi connectivity index (χ1v) is 9.80. The van der Waals surface area contributed by atoms with Gasteiger partial charge in [-0.1, -0.05) is 91.4 Å². The van der Waals surface area contributed by atoms with E-state index in [0.29, 0.717) is 5.54 Å². The summed E-state index contributed by atoms with van der Waals surface area (Å²) in [5, 5.41) is 0. The van der Waals surface area contributed by atoms with Gasteiger partial charge < -0.3 is 4.90 Å². The second kappa shape index (κ2) is 13.6. The summed E-state index contributed by atoms with van der Waals surface area (Å²) in [6.45, 7) is 6.94. The molecular weight excluding hydrogens is 254 g/mol. The van der Waals surface area contributed by atoms with Crippen molar-refractivity contribution in [1.82, 2.24) is 4.90 Å². The van der Waals surface area contributed by atoms with Gasteiger partial charge in [0.2, 0.25) is 0 Å². The van der Waals surface area contributed by atoms with E-state index in [1.54, 1.807) is 0 Å². The lowest BCUT2D eigenvalue weighted by Gasteiger charge is -2.41. The van der Waals surface area contributed by atoms with Crippen molar-refractivity contribution in [1.29, 1.82) is 0 Å². The highest BCUT2D eigenvalue weighted by Crippen LogP contribution is 2.33. The molecule has 0 bridgehead atoms. The summed E-state index contributed by atoms with van der Waals surface area (Å²) in [6, 6.07) is 0. The normalized spacial score (nSPS) is 12.3. The fourth-order valence-corrected chi connectivity index (χ4v) is 3.51. The van der Waals surface area contributed by atoms with Crippen molar-refractivity contribution in [2.45, 2.75) is 116 Å². The third-order valence-corrected chi connectivity index (χ3v) is 5.19. The van der Waals surface area contributed by atoms with Crippen LogP contribution in [0.5, 0.6) is 0 Å². The Kier molecular flexibility index (Phi) is 13.6. The first-order valence-electron chi connectivity index (χ1n) is 9.80. The summed E-state index contributed by atoms with van der Waals surface area (Å²) in [4.78, 5) is 2.57. The summed E-state index contributed by atoms with van der Waals surface area (Å²) >= 11 is 0. The van der Waals surface area contributed by atoms with Crippen molar-refractivity contribution < 1.29 is 0 Å². The van der Waals surface area contributed by atoms with Gasteiger partial charge in [0.25, 0.3) is 0 Å². The highest BCUT2D eigenvalue weighted by Gasteiger charge is 2.30. The average molecular weight is 298 g/mol. The van der Waals surface area contributed by atoms with Gasteiger partial charge in [-0.3, -0.25) is 0 Å². The van der Waals surface area contributed by atoms with E-state index in [1.807, 2.05) is 0 Å². The Hall–Kier alpha value is -0.0400. The van der Waals surface area contributed by atoms with Crippen LogP contribution in [0.15, 0.2) is 0 Å². The first-order chi connectivity index (χ1) is 10.1. The van der Waals surface area contributed by atoms with Gasteiger partial charge in [-0.05, 0) is 33.4 Å². The quantitative estimate of drug-likeness (QED) is 0.300. The molecule has 0 spiro atoms. The highest BCUT2D eigenvalue weighted by atomic mass is 15.1. The van der Waals surface area contributed by atoms with Crippen LogP contribution < -0.4 is 0 Å². The molecule has 0 aromatic carbocycles. The van der Waals surface area contributed by atoms with Crippen LogP contribution in [-0.4, -0.2) is 24.5 Å². The zero-order valence-electron chi connectivity index (χ0n) is 15.8. The minimum atomic E-state index is 0.483. The molecule has 0 heterocycles. The molecule has 0 aliphatic heterocycles. The van der Waals surface area contributed by atoms with Crippen molar-refractivity contribution in [2.24, 2.45) is 0 Å². The topological polar surface area (TPSA) is 3.24 Å². The van der Waals surface area contributed by atoms with Crippen molar-refractivity contribution in [2.75, 3.05) is 14.1 Å². The molecule has 0 radical (unpaired) electrons. The van der Waals surface area contributed by atoms with E-state index < -0.39 is 0 Å². The Bertz CT molecular complexity index is 198. The van der Waals surface area contributed by atoms with E-state index in [9.17, 15) is 0 Å². The maximum atomic E-state index is 2.57. The van der Waals surface area contributed by atoms with Crippen LogP contribution in [0, 0.1) is 0 Å². The van der Waals surface area contributed by atoms with E-state index >= 15 is 0 Å². The Morgan fingerprint density at radius 3 is 1.19 bits per heavy atom. The Morgan fingerprint density at radius 1 is 0.524 bits per heavy atom. The van der Waals surface area contributed by atoms with Crippen LogP contribution in [0.25, 0.3) is 0 Å². The molecule has 0 N–H and O–H groups in total. The lowest BCUT2D eigenvalue weighted by atomic mass is 9.81. The third kappa shape index (κ3) is 9.55. The Morgan fingerprint density at radius 2 is 0.857 bits per heavy atom. The molecule has 0 saturated heterocycles.